The number of hydrogen-bond donors (Lipinski definition) is 2. The fourth-order valence-electron chi connectivity index (χ4n) is 2.56. The molecule has 0 bridgehead atoms. The summed E-state index contributed by atoms with van der Waals surface area (Å²) in [4.78, 5) is 0. The van der Waals surface area contributed by atoms with E-state index < -0.39 is 0 Å². The van der Waals surface area contributed by atoms with Crippen molar-refractivity contribution in [3.8, 4) is 11.5 Å². The van der Waals surface area contributed by atoms with Gasteiger partial charge in [-0.1, -0.05) is 25.1 Å². The largest absolute Gasteiger partial charge is 0.497 e. The highest BCUT2D eigenvalue weighted by molar-refractivity contribution is 7.80. The zero-order valence-corrected chi connectivity index (χ0v) is 15.4. The lowest BCUT2D eigenvalue weighted by atomic mass is 10.1. The molecule has 0 aliphatic rings. The van der Waals surface area contributed by atoms with Gasteiger partial charge in [-0.25, -0.2) is 0 Å². The molecule has 0 aliphatic carbocycles. The van der Waals surface area contributed by atoms with Crippen LogP contribution in [0.25, 0.3) is 0 Å². The molecule has 2 N–H and O–H groups in total. The highest BCUT2D eigenvalue weighted by atomic mass is 32.1. The molecule has 0 saturated heterocycles. The van der Waals surface area contributed by atoms with Crippen LogP contribution in [0.4, 0.5) is 5.69 Å². The first-order valence-electron chi connectivity index (χ1n) is 7.96. The van der Waals surface area contributed by atoms with Crippen LogP contribution < -0.4 is 20.1 Å². The van der Waals surface area contributed by atoms with E-state index in [-0.39, 0.29) is 6.04 Å². The predicted octanol–water partition coefficient (Wildman–Crippen LogP) is 4.31. The molecule has 4 nitrogen and oxygen atoms in total. The third kappa shape index (κ3) is 4.38. The van der Waals surface area contributed by atoms with Gasteiger partial charge < -0.3 is 20.1 Å². The first-order valence-corrected chi connectivity index (χ1v) is 8.37. The van der Waals surface area contributed by atoms with E-state index in [9.17, 15) is 0 Å². The van der Waals surface area contributed by atoms with Crippen LogP contribution in [0, 0.1) is 0 Å². The van der Waals surface area contributed by atoms with Gasteiger partial charge in [0, 0.05) is 11.3 Å². The van der Waals surface area contributed by atoms with E-state index in [2.05, 4.69) is 23.6 Å². The number of ether oxygens (including phenoxy) is 2. The Hall–Kier alpha value is -2.27. The number of methoxy groups -OCH3 is 2. The van der Waals surface area contributed by atoms with Crippen molar-refractivity contribution in [3.05, 3.63) is 53.6 Å². The SMILES string of the molecule is CCc1ccccc1NC(=S)NC(C)c1cc(OC)ccc1OC. The van der Waals surface area contributed by atoms with Gasteiger partial charge in [-0.2, -0.15) is 0 Å². The first kappa shape index (κ1) is 18.1. The third-order valence-electron chi connectivity index (χ3n) is 3.90. The summed E-state index contributed by atoms with van der Waals surface area (Å²) in [6, 6.07) is 13.9. The molecule has 0 amide bonds. The molecule has 0 heterocycles. The molecular formula is C19H24N2O2S. The number of nitrogens with one attached hydrogen (secondary N) is 2. The first-order chi connectivity index (χ1) is 11.6. The maximum atomic E-state index is 5.47. The van der Waals surface area contributed by atoms with E-state index >= 15 is 0 Å². The zero-order valence-electron chi connectivity index (χ0n) is 14.6. The number of aryl methyl sites for hydroxylation is 1. The van der Waals surface area contributed by atoms with Crippen LogP contribution in [0.1, 0.15) is 31.0 Å². The van der Waals surface area contributed by atoms with Gasteiger partial charge in [-0.05, 0) is 55.4 Å². The standard InChI is InChI=1S/C19H24N2O2S/c1-5-14-8-6-7-9-17(14)21-19(24)20-13(2)16-12-15(22-3)10-11-18(16)23-4/h6-13H,5H2,1-4H3,(H2,20,21,24). The molecule has 0 saturated carbocycles. The van der Waals surface area contributed by atoms with Crippen LogP contribution in [0.5, 0.6) is 11.5 Å². The van der Waals surface area contributed by atoms with Crippen LogP contribution in [0.3, 0.4) is 0 Å². The second-order valence-electron chi connectivity index (χ2n) is 5.44. The Balaban J connectivity index is 2.11. The van der Waals surface area contributed by atoms with Gasteiger partial charge in [-0.15, -0.1) is 0 Å². The minimum Gasteiger partial charge on any atom is -0.497 e. The Bertz CT molecular complexity index is 704. The van der Waals surface area contributed by atoms with E-state index in [1.165, 1.54) is 5.56 Å². The summed E-state index contributed by atoms with van der Waals surface area (Å²) in [5, 5.41) is 7.16. The minimum atomic E-state index is -0.0242. The monoisotopic (exact) mass is 344 g/mol. The zero-order chi connectivity index (χ0) is 17.5. The Kier molecular flexibility index (Phi) is 6.44. The van der Waals surface area contributed by atoms with Crippen molar-refractivity contribution in [1.82, 2.24) is 5.32 Å². The lowest BCUT2D eigenvalue weighted by Gasteiger charge is -2.21. The third-order valence-corrected chi connectivity index (χ3v) is 4.12. The highest BCUT2D eigenvalue weighted by Crippen LogP contribution is 2.29. The number of anilines is 1. The average molecular weight is 344 g/mol. The van der Waals surface area contributed by atoms with Crippen molar-refractivity contribution in [1.29, 1.82) is 0 Å². The fraction of sp³-hybridized carbons (Fsp3) is 0.316. The molecule has 2 aromatic carbocycles. The van der Waals surface area contributed by atoms with Gasteiger partial charge in [0.25, 0.3) is 0 Å². The Morgan fingerprint density at radius 1 is 1.12 bits per heavy atom. The van der Waals surface area contributed by atoms with Crippen LogP contribution >= 0.6 is 12.2 Å². The van der Waals surface area contributed by atoms with Gasteiger partial charge in [0.2, 0.25) is 0 Å². The van der Waals surface area contributed by atoms with Crippen LogP contribution in [0.2, 0.25) is 0 Å². The van der Waals surface area contributed by atoms with Gasteiger partial charge in [0.05, 0.1) is 20.3 Å². The molecule has 0 radical (unpaired) electrons. The summed E-state index contributed by atoms with van der Waals surface area (Å²) in [7, 11) is 3.31. The molecule has 2 rings (SSSR count). The Morgan fingerprint density at radius 2 is 1.88 bits per heavy atom. The number of benzene rings is 2. The molecule has 0 spiro atoms. The summed E-state index contributed by atoms with van der Waals surface area (Å²) in [5.74, 6) is 1.59. The molecule has 2 aromatic rings. The number of thiocarbonyl (C=S) groups is 1. The molecule has 0 aromatic heterocycles. The quantitative estimate of drug-likeness (QED) is 0.764. The second kappa shape index (κ2) is 8.55. The van der Waals surface area contributed by atoms with Crippen molar-refractivity contribution in [2.45, 2.75) is 26.3 Å². The van der Waals surface area contributed by atoms with Gasteiger partial charge in [0.15, 0.2) is 5.11 Å². The van der Waals surface area contributed by atoms with Crippen LogP contribution in [-0.2, 0) is 6.42 Å². The van der Waals surface area contributed by atoms with E-state index in [0.29, 0.717) is 5.11 Å². The van der Waals surface area contributed by atoms with Gasteiger partial charge in [0.1, 0.15) is 11.5 Å². The molecule has 1 atom stereocenters. The van der Waals surface area contributed by atoms with Crippen LogP contribution in [0.15, 0.2) is 42.5 Å². The lowest BCUT2D eigenvalue weighted by molar-refractivity contribution is 0.395. The molecule has 128 valence electrons. The summed E-state index contributed by atoms with van der Waals surface area (Å²) < 4.78 is 10.7. The number of rotatable bonds is 6. The summed E-state index contributed by atoms with van der Waals surface area (Å²) >= 11 is 5.47. The fourth-order valence-corrected chi connectivity index (χ4v) is 2.85. The number of hydrogen-bond acceptors (Lipinski definition) is 3. The van der Waals surface area contributed by atoms with E-state index in [1.807, 2.05) is 43.3 Å². The molecule has 5 heteroatoms. The normalized spacial score (nSPS) is 11.5. The summed E-state index contributed by atoms with van der Waals surface area (Å²) in [6.45, 7) is 4.16. The highest BCUT2D eigenvalue weighted by Gasteiger charge is 2.14. The van der Waals surface area contributed by atoms with Gasteiger partial charge in [-0.3, -0.25) is 0 Å². The van der Waals surface area contributed by atoms with Gasteiger partial charge >= 0.3 is 0 Å². The predicted molar refractivity (Wildman–Crippen MR) is 103 cm³/mol. The van der Waals surface area contributed by atoms with Crippen molar-refractivity contribution in [2.75, 3.05) is 19.5 Å². The lowest BCUT2D eigenvalue weighted by Crippen LogP contribution is -2.31. The van der Waals surface area contributed by atoms with E-state index in [1.54, 1.807) is 14.2 Å². The summed E-state index contributed by atoms with van der Waals surface area (Å²) in [5.41, 5.74) is 3.25. The van der Waals surface area contributed by atoms with Crippen LogP contribution in [-0.4, -0.2) is 19.3 Å². The summed E-state index contributed by atoms with van der Waals surface area (Å²) in [6.07, 6.45) is 0.949. The topological polar surface area (TPSA) is 42.5 Å². The van der Waals surface area contributed by atoms with Crippen molar-refractivity contribution >= 4 is 23.0 Å². The van der Waals surface area contributed by atoms with Crippen molar-refractivity contribution in [2.24, 2.45) is 0 Å². The minimum absolute atomic E-state index is 0.0242. The molecule has 0 fully saturated rings. The number of para-hydroxylation sites is 1. The molecule has 1 unspecified atom stereocenters. The molecule has 24 heavy (non-hydrogen) atoms. The maximum absolute atomic E-state index is 5.47. The van der Waals surface area contributed by atoms with E-state index in [0.717, 1.165) is 29.2 Å². The van der Waals surface area contributed by atoms with Crippen molar-refractivity contribution < 1.29 is 9.47 Å². The van der Waals surface area contributed by atoms with Crippen molar-refractivity contribution in [3.63, 3.8) is 0 Å². The smallest absolute Gasteiger partial charge is 0.171 e. The average Bonchev–Trinajstić information content (AvgIpc) is 2.61. The van der Waals surface area contributed by atoms with E-state index in [4.69, 9.17) is 21.7 Å². The molecule has 0 aliphatic heterocycles. The Labute approximate surface area is 149 Å². The Morgan fingerprint density at radius 3 is 2.54 bits per heavy atom. The second-order valence-corrected chi connectivity index (χ2v) is 5.85. The maximum Gasteiger partial charge on any atom is 0.171 e. The molecular weight excluding hydrogens is 320 g/mol.